The fourth-order valence-corrected chi connectivity index (χ4v) is 3.94. The van der Waals surface area contributed by atoms with E-state index in [2.05, 4.69) is 0 Å². The van der Waals surface area contributed by atoms with Crippen LogP contribution >= 0.6 is 11.6 Å². The fourth-order valence-electron chi connectivity index (χ4n) is 3.81. The lowest BCUT2D eigenvalue weighted by atomic mass is 9.85. The van der Waals surface area contributed by atoms with Gasteiger partial charge in [0.15, 0.2) is 6.29 Å². The van der Waals surface area contributed by atoms with E-state index in [1.165, 1.54) is 0 Å². The van der Waals surface area contributed by atoms with E-state index in [1.807, 2.05) is 31.2 Å². The van der Waals surface area contributed by atoms with Gasteiger partial charge in [-0.05, 0) is 24.6 Å². The van der Waals surface area contributed by atoms with E-state index in [0.29, 0.717) is 5.02 Å². The summed E-state index contributed by atoms with van der Waals surface area (Å²) in [5.41, 5.74) is 1.07. The van der Waals surface area contributed by atoms with E-state index in [1.54, 1.807) is 24.3 Å². The number of aliphatic hydroxyl groups excluding tert-OH is 2. The maximum atomic E-state index is 11.4. The van der Waals surface area contributed by atoms with E-state index in [9.17, 15) is 15.3 Å². The van der Waals surface area contributed by atoms with Crippen molar-refractivity contribution in [3.63, 3.8) is 0 Å². The number of rotatable bonds is 4. The number of aryl methyl sites for hydroxylation is 1. The molecular weight excluding hydrogens is 384 g/mol. The molecule has 0 radical (unpaired) electrons. The van der Waals surface area contributed by atoms with Crippen molar-refractivity contribution in [2.75, 3.05) is 13.2 Å². The zero-order chi connectivity index (χ0) is 19.9. The summed E-state index contributed by atoms with van der Waals surface area (Å²) in [7, 11) is 0. The van der Waals surface area contributed by atoms with E-state index < -0.39 is 42.9 Å². The van der Waals surface area contributed by atoms with Crippen molar-refractivity contribution in [1.82, 2.24) is 0 Å². The van der Waals surface area contributed by atoms with Gasteiger partial charge in [0.25, 0.3) is 0 Å². The number of benzene rings is 2. The van der Waals surface area contributed by atoms with Crippen LogP contribution in [0.3, 0.4) is 0 Å². The van der Waals surface area contributed by atoms with Gasteiger partial charge in [-0.1, -0.05) is 53.6 Å². The Morgan fingerprint density at radius 2 is 1.71 bits per heavy atom. The van der Waals surface area contributed by atoms with Crippen LogP contribution in [-0.2, 0) is 14.2 Å². The number of hydrogen-bond donors (Lipinski definition) is 3. The molecule has 0 aliphatic carbocycles. The van der Waals surface area contributed by atoms with Gasteiger partial charge in [-0.2, -0.15) is 0 Å². The Labute approximate surface area is 168 Å². The second-order valence-corrected chi connectivity index (χ2v) is 7.82. The van der Waals surface area contributed by atoms with Crippen molar-refractivity contribution in [3.05, 3.63) is 70.2 Å². The highest BCUT2D eigenvalue weighted by molar-refractivity contribution is 6.30. The predicted molar refractivity (Wildman–Crippen MR) is 102 cm³/mol. The summed E-state index contributed by atoms with van der Waals surface area (Å²) in [6.45, 7) is 1.42. The summed E-state index contributed by atoms with van der Waals surface area (Å²) in [6.07, 6.45) is -4.47. The van der Waals surface area contributed by atoms with E-state index in [-0.39, 0.29) is 6.61 Å². The molecule has 0 saturated carbocycles. The summed E-state index contributed by atoms with van der Waals surface area (Å²) in [6, 6.07) is 14.6. The molecule has 0 bridgehead atoms. The Morgan fingerprint density at radius 3 is 2.36 bits per heavy atom. The number of fused-ring (bicyclic) bond motifs is 1. The highest BCUT2D eigenvalue weighted by atomic mass is 35.5. The lowest BCUT2D eigenvalue weighted by Crippen LogP contribution is -2.56. The van der Waals surface area contributed by atoms with Gasteiger partial charge in [0, 0.05) is 10.6 Å². The van der Waals surface area contributed by atoms with E-state index in [4.69, 9.17) is 25.8 Å². The van der Waals surface area contributed by atoms with Crippen LogP contribution in [0.2, 0.25) is 5.02 Å². The molecule has 6 nitrogen and oxygen atoms in total. The number of hydrogen-bond acceptors (Lipinski definition) is 6. The van der Waals surface area contributed by atoms with Gasteiger partial charge in [-0.25, -0.2) is 0 Å². The predicted octanol–water partition coefficient (Wildman–Crippen LogP) is 2.29. The summed E-state index contributed by atoms with van der Waals surface area (Å²) in [5, 5.41) is 31.8. The van der Waals surface area contributed by atoms with Crippen LogP contribution in [-0.4, -0.2) is 52.4 Å². The van der Waals surface area contributed by atoms with Crippen LogP contribution in [0.5, 0.6) is 0 Å². The number of ether oxygens (including phenoxy) is 3. The highest BCUT2D eigenvalue weighted by Gasteiger charge is 2.61. The van der Waals surface area contributed by atoms with Gasteiger partial charge in [0.1, 0.15) is 30.0 Å². The first-order valence-corrected chi connectivity index (χ1v) is 9.56. The van der Waals surface area contributed by atoms with Gasteiger partial charge in [-0.15, -0.1) is 0 Å². The van der Waals surface area contributed by atoms with Crippen molar-refractivity contribution < 1.29 is 29.5 Å². The third kappa shape index (κ3) is 3.46. The summed E-state index contributed by atoms with van der Waals surface area (Å²) in [4.78, 5) is 0. The molecule has 0 spiro atoms. The topological polar surface area (TPSA) is 88.4 Å². The molecule has 0 aromatic heterocycles. The monoisotopic (exact) mass is 406 g/mol. The van der Waals surface area contributed by atoms with Crippen LogP contribution in [0.4, 0.5) is 0 Å². The molecule has 2 aliphatic rings. The molecule has 7 heteroatoms. The summed E-state index contributed by atoms with van der Waals surface area (Å²) >= 11 is 5.94. The highest BCUT2D eigenvalue weighted by Crippen LogP contribution is 2.49. The van der Waals surface area contributed by atoms with E-state index >= 15 is 0 Å². The zero-order valence-electron chi connectivity index (χ0n) is 15.4. The first kappa shape index (κ1) is 19.8. The van der Waals surface area contributed by atoms with Crippen LogP contribution in [0.15, 0.2) is 48.5 Å². The van der Waals surface area contributed by atoms with Crippen LogP contribution in [0, 0.1) is 6.92 Å². The summed E-state index contributed by atoms with van der Waals surface area (Å²) in [5.74, 6) is 0. The largest absolute Gasteiger partial charge is 0.394 e. The Morgan fingerprint density at radius 1 is 1.07 bits per heavy atom. The molecule has 150 valence electrons. The molecule has 3 unspecified atom stereocenters. The van der Waals surface area contributed by atoms with Gasteiger partial charge in [-0.3, -0.25) is 0 Å². The minimum atomic E-state index is -1.50. The Bertz CT molecular complexity index is 811. The lowest BCUT2D eigenvalue weighted by molar-refractivity contribution is -0.292. The van der Waals surface area contributed by atoms with Gasteiger partial charge in [0.05, 0.1) is 13.2 Å². The van der Waals surface area contributed by atoms with E-state index in [0.717, 1.165) is 16.7 Å². The smallest absolute Gasteiger partial charge is 0.184 e. The van der Waals surface area contributed by atoms with Gasteiger partial charge >= 0.3 is 0 Å². The Kier molecular flexibility index (Phi) is 5.46. The quantitative estimate of drug-likeness (QED) is 0.722. The Hall–Kier alpha value is -1.51. The average molecular weight is 407 g/mol. The first-order chi connectivity index (χ1) is 13.4. The molecule has 4 rings (SSSR count). The molecule has 2 saturated heterocycles. The molecule has 0 amide bonds. The van der Waals surface area contributed by atoms with Gasteiger partial charge in [0.2, 0.25) is 0 Å². The minimum Gasteiger partial charge on any atom is -0.394 e. The maximum Gasteiger partial charge on any atom is 0.184 e. The maximum absolute atomic E-state index is 11.4. The third-order valence-corrected chi connectivity index (χ3v) is 5.61. The molecule has 2 fully saturated rings. The zero-order valence-corrected chi connectivity index (χ0v) is 16.1. The second kappa shape index (κ2) is 7.72. The molecule has 2 heterocycles. The summed E-state index contributed by atoms with van der Waals surface area (Å²) < 4.78 is 17.9. The molecular formula is C21H23ClO6. The Balaban J connectivity index is 1.65. The molecule has 3 N–H and O–H groups in total. The average Bonchev–Trinajstić information content (AvgIpc) is 3.01. The molecule has 2 aliphatic heterocycles. The van der Waals surface area contributed by atoms with Crippen molar-refractivity contribution >= 4 is 11.6 Å². The second-order valence-electron chi connectivity index (χ2n) is 7.38. The molecule has 2 aromatic rings. The van der Waals surface area contributed by atoms with Crippen molar-refractivity contribution in [2.24, 2.45) is 0 Å². The van der Waals surface area contributed by atoms with Gasteiger partial charge < -0.3 is 29.5 Å². The first-order valence-electron chi connectivity index (χ1n) is 9.18. The van der Waals surface area contributed by atoms with Crippen molar-refractivity contribution in [1.29, 1.82) is 0 Å². The molecule has 2 aromatic carbocycles. The SMILES string of the molecule is Cc1ccc(C2O[C@H](C(O)CO)[C@@H]3OC(c4ccc(Cl)cc4)OC[C@@]23O)cc1. The van der Waals surface area contributed by atoms with Crippen molar-refractivity contribution in [2.45, 2.75) is 43.2 Å². The van der Waals surface area contributed by atoms with Crippen LogP contribution in [0.25, 0.3) is 0 Å². The molecule has 28 heavy (non-hydrogen) atoms. The number of halogens is 1. The standard InChI is InChI=1S/C21H23ClO6/c1-12-2-4-13(5-3-12)18-21(25)11-26-20(14-6-8-15(22)9-7-14)28-19(21)17(27-18)16(24)10-23/h2-9,16-20,23-25H,10-11H2,1H3/t16?,17-,18?,19+,20?,21-/m1/s1. The molecule has 6 atom stereocenters. The van der Waals surface area contributed by atoms with Crippen molar-refractivity contribution in [3.8, 4) is 0 Å². The van der Waals surface area contributed by atoms with Crippen LogP contribution < -0.4 is 0 Å². The number of aliphatic hydroxyl groups is 3. The lowest BCUT2D eigenvalue weighted by Gasteiger charge is -2.41. The minimum absolute atomic E-state index is 0.0435. The fraction of sp³-hybridized carbons (Fsp3) is 0.429. The van der Waals surface area contributed by atoms with Crippen LogP contribution in [0.1, 0.15) is 29.1 Å². The normalized spacial score (nSPS) is 33.5. The third-order valence-electron chi connectivity index (χ3n) is 5.36.